The molecular weight excluding hydrogens is 304 g/mol. The molecule has 0 aliphatic carbocycles. The number of hydrogen-bond acceptors (Lipinski definition) is 3. The Morgan fingerprint density at radius 2 is 1.91 bits per heavy atom. The summed E-state index contributed by atoms with van der Waals surface area (Å²) in [5.41, 5.74) is 3.65. The van der Waals surface area contributed by atoms with Crippen LogP contribution in [0.1, 0.15) is 27.0 Å². The van der Waals surface area contributed by atoms with Gasteiger partial charge in [0.1, 0.15) is 6.17 Å². The van der Waals surface area contributed by atoms with Crippen LogP contribution in [0.5, 0.6) is 0 Å². The molecule has 1 amide bonds. The molecule has 0 bridgehead atoms. The maximum Gasteiger partial charge on any atom is 0.262 e. The molecule has 0 fully saturated rings. The molecule has 3 aromatic rings. The van der Waals surface area contributed by atoms with Gasteiger partial charge in [0.05, 0.1) is 5.56 Å². The number of anilines is 2. The lowest BCUT2D eigenvalue weighted by molar-refractivity contribution is 0.0975. The van der Waals surface area contributed by atoms with Gasteiger partial charge in [-0.3, -0.25) is 9.69 Å². The smallest absolute Gasteiger partial charge is 0.262 e. The van der Waals surface area contributed by atoms with Gasteiger partial charge in [0, 0.05) is 16.3 Å². The Morgan fingerprint density at radius 3 is 2.70 bits per heavy atom. The minimum absolute atomic E-state index is 0.0309. The third-order valence-corrected chi connectivity index (χ3v) is 4.94. The number of amides is 1. The van der Waals surface area contributed by atoms with Crippen LogP contribution in [0.2, 0.25) is 0 Å². The summed E-state index contributed by atoms with van der Waals surface area (Å²) in [6.45, 7) is 2.04. The molecule has 0 saturated carbocycles. The second-order valence-electron chi connectivity index (χ2n) is 5.62. The van der Waals surface area contributed by atoms with Gasteiger partial charge < -0.3 is 5.32 Å². The third-order valence-electron chi connectivity index (χ3n) is 4.02. The van der Waals surface area contributed by atoms with Crippen molar-refractivity contribution in [3.63, 3.8) is 0 Å². The summed E-state index contributed by atoms with van der Waals surface area (Å²) in [6.07, 6.45) is -0.181. The predicted molar refractivity (Wildman–Crippen MR) is 95.1 cm³/mol. The van der Waals surface area contributed by atoms with Crippen LogP contribution >= 0.6 is 11.3 Å². The van der Waals surface area contributed by atoms with Gasteiger partial charge in [-0.05, 0) is 48.2 Å². The number of benzene rings is 2. The second-order valence-corrected chi connectivity index (χ2v) is 6.60. The van der Waals surface area contributed by atoms with Crippen LogP contribution < -0.4 is 10.2 Å². The van der Waals surface area contributed by atoms with Crippen LogP contribution in [0.25, 0.3) is 0 Å². The lowest BCUT2D eigenvalue weighted by Crippen LogP contribution is -2.42. The molecular formula is C19H16N2OS. The van der Waals surface area contributed by atoms with E-state index in [4.69, 9.17) is 0 Å². The Bertz CT molecular complexity index is 857. The molecule has 114 valence electrons. The van der Waals surface area contributed by atoms with E-state index >= 15 is 0 Å². The number of carbonyl (C=O) groups is 1. The highest BCUT2D eigenvalue weighted by Gasteiger charge is 2.34. The molecule has 1 N–H and O–H groups in total. The first-order valence-electron chi connectivity index (χ1n) is 7.53. The first-order chi connectivity index (χ1) is 11.2. The molecule has 1 aliphatic rings. The Balaban J connectivity index is 1.87. The lowest BCUT2D eigenvalue weighted by Gasteiger charge is -2.37. The first kappa shape index (κ1) is 14.0. The average molecular weight is 320 g/mol. The molecule has 4 heteroatoms. The van der Waals surface area contributed by atoms with Crippen LogP contribution in [-0.4, -0.2) is 5.91 Å². The highest BCUT2D eigenvalue weighted by Crippen LogP contribution is 2.38. The van der Waals surface area contributed by atoms with Crippen LogP contribution in [0.3, 0.4) is 0 Å². The van der Waals surface area contributed by atoms with Crippen LogP contribution in [-0.2, 0) is 0 Å². The van der Waals surface area contributed by atoms with Crippen molar-refractivity contribution in [3.8, 4) is 0 Å². The number of nitrogens with zero attached hydrogens (tertiary/aromatic N) is 1. The van der Waals surface area contributed by atoms with Crippen molar-refractivity contribution in [2.24, 2.45) is 0 Å². The second kappa shape index (κ2) is 5.56. The van der Waals surface area contributed by atoms with E-state index in [1.165, 1.54) is 0 Å². The zero-order chi connectivity index (χ0) is 15.8. The number of thiophene rings is 1. The number of para-hydroxylation sites is 1. The molecule has 1 aliphatic heterocycles. The van der Waals surface area contributed by atoms with Crippen molar-refractivity contribution in [1.82, 2.24) is 0 Å². The fraction of sp³-hybridized carbons (Fsp3) is 0.105. The number of nitrogens with one attached hydrogen (secondary N) is 1. The van der Waals surface area contributed by atoms with Crippen molar-refractivity contribution in [1.29, 1.82) is 0 Å². The Kier molecular flexibility index (Phi) is 3.39. The zero-order valence-electron chi connectivity index (χ0n) is 12.7. The zero-order valence-corrected chi connectivity index (χ0v) is 13.5. The average Bonchev–Trinajstić information content (AvgIpc) is 3.09. The SMILES string of the molecule is Cc1cccc(N2C(=O)c3ccccc3N[C@@H]2c2cccs2)c1. The summed E-state index contributed by atoms with van der Waals surface area (Å²) >= 11 is 1.65. The van der Waals surface area contributed by atoms with Crippen molar-refractivity contribution in [2.45, 2.75) is 13.1 Å². The van der Waals surface area contributed by atoms with Gasteiger partial charge in [0.25, 0.3) is 5.91 Å². The first-order valence-corrected chi connectivity index (χ1v) is 8.41. The van der Waals surface area contributed by atoms with Gasteiger partial charge in [-0.15, -0.1) is 11.3 Å². The normalized spacial score (nSPS) is 16.8. The van der Waals surface area contributed by atoms with Gasteiger partial charge >= 0.3 is 0 Å². The van der Waals surface area contributed by atoms with E-state index in [1.807, 2.05) is 71.8 Å². The fourth-order valence-electron chi connectivity index (χ4n) is 2.94. The summed E-state index contributed by atoms with van der Waals surface area (Å²) in [7, 11) is 0. The third kappa shape index (κ3) is 2.41. The molecule has 2 aromatic carbocycles. The maximum absolute atomic E-state index is 13.1. The van der Waals surface area contributed by atoms with Gasteiger partial charge in [0.2, 0.25) is 0 Å². The number of aryl methyl sites for hydroxylation is 1. The van der Waals surface area contributed by atoms with Crippen LogP contribution in [0, 0.1) is 6.92 Å². The molecule has 0 radical (unpaired) electrons. The standard InChI is InChI=1S/C19H16N2OS/c1-13-6-4-7-14(12-13)21-18(17-10-5-11-23-17)20-16-9-3-2-8-15(16)19(21)22/h2-12,18,20H,1H3/t18-/m0/s1. The number of carbonyl (C=O) groups excluding carboxylic acids is 1. The largest absolute Gasteiger partial charge is 0.360 e. The van der Waals surface area contributed by atoms with E-state index in [-0.39, 0.29) is 12.1 Å². The topological polar surface area (TPSA) is 32.3 Å². The van der Waals surface area contributed by atoms with E-state index in [9.17, 15) is 4.79 Å². The molecule has 4 rings (SSSR count). The van der Waals surface area contributed by atoms with Crippen molar-refractivity contribution >= 4 is 28.6 Å². The highest BCUT2D eigenvalue weighted by atomic mass is 32.1. The number of hydrogen-bond donors (Lipinski definition) is 1. The molecule has 1 aromatic heterocycles. The van der Waals surface area contributed by atoms with E-state index in [0.29, 0.717) is 5.56 Å². The summed E-state index contributed by atoms with van der Waals surface area (Å²) in [4.78, 5) is 16.1. The van der Waals surface area contributed by atoms with E-state index in [2.05, 4.69) is 11.4 Å². The maximum atomic E-state index is 13.1. The fourth-order valence-corrected chi connectivity index (χ4v) is 3.71. The molecule has 23 heavy (non-hydrogen) atoms. The van der Waals surface area contributed by atoms with Gasteiger partial charge in [-0.1, -0.05) is 30.3 Å². The number of fused-ring (bicyclic) bond motifs is 1. The summed E-state index contributed by atoms with van der Waals surface area (Å²) in [5, 5.41) is 5.55. The van der Waals surface area contributed by atoms with Gasteiger partial charge in [0.15, 0.2) is 0 Å². The summed E-state index contributed by atoms with van der Waals surface area (Å²) in [5.74, 6) is 0.0309. The minimum Gasteiger partial charge on any atom is -0.360 e. The minimum atomic E-state index is -0.181. The van der Waals surface area contributed by atoms with E-state index in [0.717, 1.165) is 21.8 Å². The van der Waals surface area contributed by atoms with Crippen LogP contribution in [0.4, 0.5) is 11.4 Å². The Hall–Kier alpha value is -2.59. The van der Waals surface area contributed by atoms with Crippen molar-refractivity contribution in [3.05, 3.63) is 82.0 Å². The van der Waals surface area contributed by atoms with E-state index < -0.39 is 0 Å². The molecule has 0 spiro atoms. The molecule has 3 nitrogen and oxygen atoms in total. The summed E-state index contributed by atoms with van der Waals surface area (Å²) in [6, 6.07) is 19.8. The molecule has 0 unspecified atom stereocenters. The van der Waals surface area contributed by atoms with Crippen molar-refractivity contribution < 1.29 is 4.79 Å². The molecule has 2 heterocycles. The molecule has 1 atom stereocenters. The Morgan fingerprint density at radius 1 is 1.04 bits per heavy atom. The van der Waals surface area contributed by atoms with Gasteiger partial charge in [-0.25, -0.2) is 0 Å². The van der Waals surface area contributed by atoms with Crippen molar-refractivity contribution in [2.75, 3.05) is 10.2 Å². The monoisotopic (exact) mass is 320 g/mol. The number of rotatable bonds is 2. The quantitative estimate of drug-likeness (QED) is 0.733. The lowest BCUT2D eigenvalue weighted by atomic mass is 10.1. The summed E-state index contributed by atoms with van der Waals surface area (Å²) < 4.78 is 0. The van der Waals surface area contributed by atoms with E-state index in [1.54, 1.807) is 11.3 Å². The highest BCUT2D eigenvalue weighted by molar-refractivity contribution is 7.10. The molecule has 0 saturated heterocycles. The van der Waals surface area contributed by atoms with Crippen LogP contribution in [0.15, 0.2) is 66.0 Å². The Labute approximate surface area is 139 Å². The predicted octanol–water partition coefficient (Wildman–Crippen LogP) is 4.83. The van der Waals surface area contributed by atoms with Gasteiger partial charge in [-0.2, -0.15) is 0 Å².